The van der Waals surface area contributed by atoms with Crippen molar-refractivity contribution >= 4 is 30.6 Å². The second-order valence-corrected chi connectivity index (χ2v) is 3.66. The molecule has 0 atom stereocenters. The van der Waals surface area contributed by atoms with Crippen molar-refractivity contribution in [1.82, 2.24) is 4.98 Å². The zero-order valence-electron chi connectivity index (χ0n) is 8.80. The summed E-state index contributed by atoms with van der Waals surface area (Å²) in [6, 6.07) is 3.47. The van der Waals surface area contributed by atoms with Crippen molar-refractivity contribution < 1.29 is 4.39 Å². The Balaban J connectivity index is 0.00000112. The highest BCUT2D eigenvalue weighted by Crippen LogP contribution is 2.16. The predicted molar refractivity (Wildman–Crippen MR) is 68.1 cm³/mol. The van der Waals surface area contributed by atoms with E-state index in [2.05, 4.69) is 9.88 Å². The lowest BCUT2D eigenvalue weighted by atomic mass is 10.1. The van der Waals surface area contributed by atoms with Crippen molar-refractivity contribution in [3.63, 3.8) is 0 Å². The molecule has 0 radical (unpaired) electrons. The van der Waals surface area contributed by atoms with Gasteiger partial charge in [-0.3, -0.25) is 0 Å². The molecule has 0 aliphatic carbocycles. The first-order chi connectivity index (χ1) is 6.75. The molecule has 1 aliphatic heterocycles. The molecule has 2 N–H and O–H groups in total. The molecule has 3 nitrogen and oxygen atoms in total. The number of rotatable bonds is 1. The maximum absolute atomic E-state index is 12.6. The van der Waals surface area contributed by atoms with Crippen LogP contribution in [0.4, 0.5) is 10.2 Å². The number of halogens is 3. The summed E-state index contributed by atoms with van der Waals surface area (Å²) in [7, 11) is 0. The number of piperidine rings is 1. The average molecular weight is 268 g/mol. The molecule has 16 heavy (non-hydrogen) atoms. The normalized spacial score (nSPS) is 16.2. The van der Waals surface area contributed by atoms with Gasteiger partial charge < -0.3 is 10.6 Å². The molecule has 0 amide bonds. The molecule has 1 aliphatic rings. The van der Waals surface area contributed by atoms with E-state index in [1.807, 2.05) is 0 Å². The van der Waals surface area contributed by atoms with Gasteiger partial charge in [0.25, 0.3) is 0 Å². The molecule has 6 heteroatoms. The highest BCUT2D eigenvalue weighted by Gasteiger charge is 2.16. The summed E-state index contributed by atoms with van der Waals surface area (Å²) in [4.78, 5) is 6.18. The van der Waals surface area contributed by atoms with Crippen LogP contribution in [-0.4, -0.2) is 24.1 Å². The Hall–Kier alpha value is -0.580. The molecular weight excluding hydrogens is 252 g/mol. The predicted octanol–water partition coefficient (Wildman–Crippen LogP) is 1.99. The Labute approximate surface area is 107 Å². The Morgan fingerprint density at radius 3 is 2.38 bits per heavy atom. The van der Waals surface area contributed by atoms with Crippen LogP contribution in [0.3, 0.4) is 0 Å². The first-order valence-electron chi connectivity index (χ1n) is 4.88. The van der Waals surface area contributed by atoms with Gasteiger partial charge in [0.1, 0.15) is 11.6 Å². The van der Waals surface area contributed by atoms with Gasteiger partial charge in [-0.2, -0.15) is 0 Å². The summed E-state index contributed by atoms with van der Waals surface area (Å²) in [5.74, 6) is 0.556. The van der Waals surface area contributed by atoms with Crippen LogP contribution in [0.5, 0.6) is 0 Å². The first kappa shape index (κ1) is 15.4. The first-order valence-corrected chi connectivity index (χ1v) is 4.88. The highest BCUT2D eigenvalue weighted by molar-refractivity contribution is 5.85. The molecule has 2 heterocycles. The van der Waals surface area contributed by atoms with E-state index in [4.69, 9.17) is 5.73 Å². The van der Waals surface area contributed by atoms with Gasteiger partial charge in [-0.05, 0) is 25.0 Å². The van der Waals surface area contributed by atoms with Gasteiger partial charge in [-0.25, -0.2) is 9.37 Å². The Morgan fingerprint density at radius 1 is 1.25 bits per heavy atom. The van der Waals surface area contributed by atoms with Gasteiger partial charge in [0.05, 0.1) is 6.20 Å². The number of aromatic nitrogens is 1. The van der Waals surface area contributed by atoms with Crippen LogP contribution in [0, 0.1) is 5.82 Å². The van der Waals surface area contributed by atoms with Gasteiger partial charge in [0.2, 0.25) is 0 Å². The summed E-state index contributed by atoms with van der Waals surface area (Å²) in [6.45, 7) is 1.83. The molecule has 92 valence electrons. The van der Waals surface area contributed by atoms with Crippen molar-refractivity contribution in [3.8, 4) is 0 Å². The molecular formula is C10H16Cl2FN3. The highest BCUT2D eigenvalue weighted by atomic mass is 35.5. The SMILES string of the molecule is Cl.Cl.NC1CCN(c2ccc(F)cn2)CC1. The van der Waals surface area contributed by atoms with Crippen molar-refractivity contribution in [2.75, 3.05) is 18.0 Å². The molecule has 2 rings (SSSR count). The minimum atomic E-state index is -0.289. The van der Waals surface area contributed by atoms with E-state index in [0.29, 0.717) is 6.04 Å². The van der Waals surface area contributed by atoms with Crippen molar-refractivity contribution in [2.24, 2.45) is 5.73 Å². The van der Waals surface area contributed by atoms with E-state index in [-0.39, 0.29) is 30.6 Å². The maximum Gasteiger partial charge on any atom is 0.141 e. The fourth-order valence-corrected chi connectivity index (χ4v) is 1.68. The van der Waals surface area contributed by atoms with Gasteiger partial charge in [-0.1, -0.05) is 0 Å². The molecule has 1 aromatic heterocycles. The van der Waals surface area contributed by atoms with Gasteiger partial charge in [0, 0.05) is 19.1 Å². The number of nitrogens with zero attached hydrogens (tertiary/aromatic N) is 2. The molecule has 1 aromatic rings. The molecule has 1 saturated heterocycles. The van der Waals surface area contributed by atoms with Crippen molar-refractivity contribution in [3.05, 3.63) is 24.1 Å². The lowest BCUT2D eigenvalue weighted by molar-refractivity contribution is 0.498. The second kappa shape index (κ2) is 6.89. The third-order valence-corrected chi connectivity index (χ3v) is 2.58. The number of hydrogen-bond acceptors (Lipinski definition) is 3. The third-order valence-electron chi connectivity index (χ3n) is 2.58. The van der Waals surface area contributed by atoms with E-state index in [1.165, 1.54) is 12.3 Å². The van der Waals surface area contributed by atoms with Crippen LogP contribution in [0.1, 0.15) is 12.8 Å². The molecule has 0 bridgehead atoms. The lowest BCUT2D eigenvalue weighted by Gasteiger charge is -2.30. The van der Waals surface area contributed by atoms with E-state index < -0.39 is 0 Å². The zero-order valence-corrected chi connectivity index (χ0v) is 10.4. The van der Waals surface area contributed by atoms with Crippen LogP contribution in [0.25, 0.3) is 0 Å². The smallest absolute Gasteiger partial charge is 0.141 e. The quantitative estimate of drug-likeness (QED) is 0.847. The molecule has 0 spiro atoms. The van der Waals surface area contributed by atoms with Gasteiger partial charge in [0.15, 0.2) is 0 Å². The van der Waals surface area contributed by atoms with Crippen LogP contribution >= 0.6 is 24.8 Å². The fraction of sp³-hybridized carbons (Fsp3) is 0.500. The van der Waals surface area contributed by atoms with Crippen LogP contribution < -0.4 is 10.6 Å². The summed E-state index contributed by atoms with van der Waals surface area (Å²) < 4.78 is 12.6. The second-order valence-electron chi connectivity index (χ2n) is 3.66. The minimum Gasteiger partial charge on any atom is -0.357 e. The Morgan fingerprint density at radius 2 is 1.88 bits per heavy atom. The number of nitrogens with two attached hydrogens (primary N) is 1. The van der Waals surface area contributed by atoms with Crippen LogP contribution in [-0.2, 0) is 0 Å². The maximum atomic E-state index is 12.6. The van der Waals surface area contributed by atoms with Crippen LogP contribution in [0.15, 0.2) is 18.3 Å². The van der Waals surface area contributed by atoms with E-state index >= 15 is 0 Å². The summed E-state index contributed by atoms with van der Waals surface area (Å²) in [5.41, 5.74) is 5.79. The number of pyridine rings is 1. The van der Waals surface area contributed by atoms with E-state index in [9.17, 15) is 4.39 Å². The largest absolute Gasteiger partial charge is 0.357 e. The van der Waals surface area contributed by atoms with Crippen LogP contribution in [0.2, 0.25) is 0 Å². The van der Waals surface area contributed by atoms with E-state index in [0.717, 1.165) is 31.7 Å². The Bertz CT molecular complexity index is 299. The summed E-state index contributed by atoms with van der Waals surface area (Å²) in [5, 5.41) is 0. The lowest BCUT2D eigenvalue weighted by Crippen LogP contribution is -2.40. The minimum absolute atomic E-state index is 0. The van der Waals surface area contributed by atoms with Gasteiger partial charge in [-0.15, -0.1) is 24.8 Å². The summed E-state index contributed by atoms with van der Waals surface area (Å²) >= 11 is 0. The number of hydrogen-bond donors (Lipinski definition) is 1. The molecule has 1 fully saturated rings. The van der Waals surface area contributed by atoms with Gasteiger partial charge >= 0.3 is 0 Å². The topological polar surface area (TPSA) is 42.1 Å². The van der Waals surface area contributed by atoms with Crippen molar-refractivity contribution in [2.45, 2.75) is 18.9 Å². The summed E-state index contributed by atoms with van der Waals surface area (Å²) in [6.07, 6.45) is 3.22. The zero-order chi connectivity index (χ0) is 9.97. The number of anilines is 1. The Kier molecular flexibility index (Phi) is 6.64. The average Bonchev–Trinajstić information content (AvgIpc) is 2.21. The molecule has 0 aromatic carbocycles. The fourth-order valence-electron chi connectivity index (χ4n) is 1.68. The monoisotopic (exact) mass is 267 g/mol. The standard InChI is InChI=1S/C10H14FN3.2ClH/c11-8-1-2-10(13-7-8)14-5-3-9(12)4-6-14;;/h1-2,7,9H,3-6,12H2;2*1H. The van der Waals surface area contributed by atoms with Crippen molar-refractivity contribution in [1.29, 1.82) is 0 Å². The third kappa shape index (κ3) is 3.77. The molecule has 0 saturated carbocycles. The van der Waals surface area contributed by atoms with E-state index in [1.54, 1.807) is 6.07 Å². The molecule has 0 unspecified atom stereocenters.